The van der Waals surface area contributed by atoms with Gasteiger partial charge in [-0.25, -0.2) is 4.98 Å². The van der Waals surface area contributed by atoms with Crippen molar-refractivity contribution in [2.24, 2.45) is 5.73 Å². The van der Waals surface area contributed by atoms with Crippen molar-refractivity contribution in [2.45, 2.75) is 38.8 Å². The maximum absolute atomic E-state index is 12.6. The number of nitrogens with zero attached hydrogens (tertiary/aromatic N) is 2. The van der Waals surface area contributed by atoms with Crippen LogP contribution < -0.4 is 5.73 Å². The number of H-pyrrole nitrogens is 1. The molecule has 29 heavy (non-hydrogen) atoms. The van der Waals surface area contributed by atoms with Crippen molar-refractivity contribution in [1.29, 1.82) is 0 Å². The van der Waals surface area contributed by atoms with E-state index in [0.717, 1.165) is 27.3 Å². The van der Waals surface area contributed by atoms with E-state index < -0.39 is 17.0 Å². The lowest BCUT2D eigenvalue weighted by molar-refractivity contribution is -0.234. The number of carbonyl (C=O) groups excluding carboxylic acids is 1. The molecular formula is C22H24ClN4O2. The van der Waals surface area contributed by atoms with E-state index in [4.69, 9.17) is 5.73 Å². The van der Waals surface area contributed by atoms with E-state index in [2.05, 4.69) is 9.97 Å². The number of fused-ring (bicyclic) bond motifs is 1. The summed E-state index contributed by atoms with van der Waals surface area (Å²) < 4.78 is 0. The Hall–Kier alpha value is -2.67. The van der Waals surface area contributed by atoms with Gasteiger partial charge in [0.15, 0.2) is 0 Å². The van der Waals surface area contributed by atoms with E-state index in [1.165, 1.54) is 0 Å². The van der Waals surface area contributed by atoms with E-state index in [9.17, 15) is 10.0 Å². The first-order chi connectivity index (χ1) is 13.1. The lowest BCUT2D eigenvalue weighted by Gasteiger charge is -2.34. The summed E-state index contributed by atoms with van der Waals surface area (Å²) >= 11 is 0. The van der Waals surface area contributed by atoms with Crippen LogP contribution in [0.2, 0.25) is 0 Å². The average molecular weight is 412 g/mol. The summed E-state index contributed by atoms with van der Waals surface area (Å²) in [7, 11) is 0. The van der Waals surface area contributed by atoms with Crippen molar-refractivity contribution in [3.05, 3.63) is 59.7 Å². The number of halogens is 1. The number of nitrogens with two attached hydrogens (primary N) is 1. The van der Waals surface area contributed by atoms with Gasteiger partial charge >= 0.3 is 0 Å². The van der Waals surface area contributed by atoms with Gasteiger partial charge < -0.3 is 10.7 Å². The summed E-state index contributed by atoms with van der Waals surface area (Å²) in [6, 6.07) is 13.2. The normalized spacial score (nSPS) is 17.8. The molecule has 0 saturated heterocycles. The lowest BCUT2D eigenvalue weighted by atomic mass is 9.90. The Morgan fingerprint density at radius 1 is 1.03 bits per heavy atom. The number of primary amides is 1. The molecule has 6 nitrogen and oxygen atoms in total. The monoisotopic (exact) mass is 411 g/mol. The van der Waals surface area contributed by atoms with Crippen molar-refractivity contribution in [3.8, 4) is 11.4 Å². The lowest BCUT2D eigenvalue weighted by Crippen LogP contribution is -2.46. The van der Waals surface area contributed by atoms with Gasteiger partial charge in [0.05, 0.1) is 22.2 Å². The van der Waals surface area contributed by atoms with Gasteiger partial charge in [-0.15, -0.1) is 22.7 Å². The quantitative estimate of drug-likeness (QED) is 0.670. The zero-order valence-electron chi connectivity index (χ0n) is 16.8. The summed E-state index contributed by atoms with van der Waals surface area (Å²) in [6.45, 7) is 7.74. The topological polar surface area (TPSA) is 94.9 Å². The van der Waals surface area contributed by atoms with Gasteiger partial charge in [-0.2, -0.15) is 0 Å². The fraction of sp³-hybridized carbons (Fsp3) is 0.273. The first-order valence-electron chi connectivity index (χ1n) is 9.21. The van der Waals surface area contributed by atoms with Crippen molar-refractivity contribution in [1.82, 2.24) is 15.0 Å². The highest BCUT2D eigenvalue weighted by Crippen LogP contribution is 2.43. The molecule has 151 valence electrons. The molecule has 0 saturated carbocycles. The maximum atomic E-state index is 12.6. The van der Waals surface area contributed by atoms with Crippen molar-refractivity contribution in [3.63, 3.8) is 0 Å². The molecule has 1 amide bonds. The van der Waals surface area contributed by atoms with Gasteiger partial charge in [-0.1, -0.05) is 36.4 Å². The predicted octanol–water partition coefficient (Wildman–Crippen LogP) is 4.35. The third-order valence-electron chi connectivity index (χ3n) is 5.44. The molecule has 1 aliphatic heterocycles. The second kappa shape index (κ2) is 6.99. The van der Waals surface area contributed by atoms with Crippen LogP contribution in [0.1, 0.15) is 43.6 Å². The Morgan fingerprint density at radius 2 is 1.66 bits per heavy atom. The second-order valence-corrected chi connectivity index (χ2v) is 8.29. The molecule has 7 heteroatoms. The molecule has 0 unspecified atom stereocenters. The number of hydrogen-bond donors (Lipinski definition) is 2. The summed E-state index contributed by atoms with van der Waals surface area (Å²) in [5.41, 5.74) is 8.95. The van der Waals surface area contributed by atoms with Crippen LogP contribution in [-0.2, 0) is 5.21 Å². The Balaban J connectivity index is 0.00000240. The van der Waals surface area contributed by atoms with Crippen LogP contribution >= 0.6 is 12.4 Å². The van der Waals surface area contributed by atoms with E-state index >= 15 is 0 Å². The smallest absolute Gasteiger partial charge is 0.250 e. The minimum absolute atomic E-state index is 0. The molecule has 0 aliphatic carbocycles. The number of rotatable bonds is 3. The molecule has 0 atom stereocenters. The molecule has 1 aliphatic rings. The van der Waals surface area contributed by atoms with Crippen LogP contribution in [0.15, 0.2) is 48.5 Å². The number of benzene rings is 2. The predicted molar refractivity (Wildman–Crippen MR) is 116 cm³/mol. The molecular weight excluding hydrogens is 388 g/mol. The fourth-order valence-corrected chi connectivity index (χ4v) is 4.03. The molecule has 4 rings (SSSR count). The number of amides is 1. The third-order valence-corrected chi connectivity index (χ3v) is 5.44. The highest BCUT2D eigenvalue weighted by Gasteiger charge is 2.46. The maximum Gasteiger partial charge on any atom is 0.250 e. The van der Waals surface area contributed by atoms with E-state index in [1.54, 1.807) is 12.1 Å². The van der Waals surface area contributed by atoms with Crippen LogP contribution in [0.25, 0.3) is 28.0 Å². The number of carbonyl (C=O) groups is 1. The summed E-state index contributed by atoms with van der Waals surface area (Å²) in [5.74, 6) is 0.167. The molecule has 3 N–H and O–H groups in total. The first-order valence-corrected chi connectivity index (χ1v) is 9.21. The van der Waals surface area contributed by atoms with Gasteiger partial charge in [0, 0.05) is 5.56 Å². The minimum Gasteiger partial charge on any atom is -0.366 e. The van der Waals surface area contributed by atoms with Crippen molar-refractivity contribution in [2.75, 3.05) is 0 Å². The van der Waals surface area contributed by atoms with Crippen LogP contribution in [0.5, 0.6) is 0 Å². The number of para-hydroxylation sites is 1. The highest BCUT2D eigenvalue weighted by molar-refractivity contribution is 6.04. The average Bonchev–Trinajstić information content (AvgIpc) is 3.15. The molecule has 0 bridgehead atoms. The molecule has 1 aromatic heterocycles. The first kappa shape index (κ1) is 21.0. The molecule has 0 fully saturated rings. The van der Waals surface area contributed by atoms with Crippen LogP contribution in [0, 0.1) is 0 Å². The molecule has 0 spiro atoms. The van der Waals surface area contributed by atoms with Crippen LogP contribution in [-0.4, -0.2) is 32.0 Å². The number of hydrogen-bond acceptors (Lipinski definition) is 3. The number of aromatic amines is 1. The minimum atomic E-state index is -0.596. The zero-order chi connectivity index (χ0) is 20.3. The van der Waals surface area contributed by atoms with Gasteiger partial charge in [0.25, 0.3) is 5.91 Å². The van der Waals surface area contributed by atoms with Gasteiger partial charge in [-0.3, -0.25) is 4.79 Å². The van der Waals surface area contributed by atoms with E-state index in [-0.39, 0.29) is 12.4 Å². The fourth-order valence-electron chi connectivity index (χ4n) is 4.03. The summed E-state index contributed by atoms with van der Waals surface area (Å²) in [4.78, 5) is 19.4. The molecule has 2 heterocycles. The number of nitrogens with one attached hydrogen (secondary N) is 1. The third kappa shape index (κ3) is 3.33. The number of aromatic nitrogens is 2. The van der Waals surface area contributed by atoms with Crippen LogP contribution in [0.4, 0.5) is 0 Å². The largest absolute Gasteiger partial charge is 0.366 e. The van der Waals surface area contributed by atoms with Gasteiger partial charge in [0.2, 0.25) is 0 Å². The van der Waals surface area contributed by atoms with Crippen molar-refractivity contribution >= 4 is 34.9 Å². The molecule has 3 aromatic rings. The zero-order valence-corrected chi connectivity index (χ0v) is 17.6. The van der Waals surface area contributed by atoms with E-state index in [1.807, 2.05) is 64.1 Å². The Labute approximate surface area is 175 Å². The number of imidazole rings is 1. The number of hydroxylamine groups is 2. The van der Waals surface area contributed by atoms with E-state index in [0.29, 0.717) is 16.9 Å². The molecule has 2 aromatic carbocycles. The Kier molecular flexibility index (Phi) is 5.07. The van der Waals surface area contributed by atoms with Gasteiger partial charge in [0.1, 0.15) is 11.3 Å². The SMILES string of the molecule is CC1(C)C=C(c2ccc(-c3nc4c(C(N)=O)cccc4[nH]3)cc2)C(C)(C)N1[O].Cl. The summed E-state index contributed by atoms with van der Waals surface area (Å²) in [5, 5.41) is 13.8. The summed E-state index contributed by atoms with van der Waals surface area (Å²) in [6.07, 6.45) is 2.04. The standard InChI is InChI=1S/C22H23N4O2.ClH/c1-21(2)12-16(22(3,4)26(21)28)13-8-10-14(11-9-13)20-24-17-7-5-6-15(19(23)27)18(17)25-20;/h5-12H,1-4H3,(H2,23,27)(H,24,25);1H. The molecule has 1 radical (unpaired) electrons. The second-order valence-electron chi connectivity index (χ2n) is 8.29. The Morgan fingerprint density at radius 3 is 2.21 bits per heavy atom. The Bertz CT molecular complexity index is 1110. The van der Waals surface area contributed by atoms with Crippen LogP contribution in [0.3, 0.4) is 0 Å². The van der Waals surface area contributed by atoms with Crippen molar-refractivity contribution < 1.29 is 10.0 Å². The van der Waals surface area contributed by atoms with Gasteiger partial charge in [-0.05, 0) is 51.0 Å². The highest BCUT2D eigenvalue weighted by atomic mass is 35.5.